The lowest BCUT2D eigenvalue weighted by molar-refractivity contribution is 0.147. The van der Waals surface area contributed by atoms with Gasteiger partial charge in [-0.3, -0.25) is 0 Å². The molecule has 0 aromatic carbocycles. The summed E-state index contributed by atoms with van der Waals surface area (Å²) in [7, 11) is 0. The van der Waals surface area contributed by atoms with Gasteiger partial charge in [0.25, 0.3) is 0 Å². The van der Waals surface area contributed by atoms with Crippen molar-refractivity contribution in [1.82, 2.24) is 4.90 Å². The lowest BCUT2D eigenvalue weighted by atomic mass is 10.3. The van der Waals surface area contributed by atoms with Crippen LogP contribution in [0.1, 0.15) is 19.8 Å². The van der Waals surface area contributed by atoms with Gasteiger partial charge in [-0.2, -0.15) is 0 Å². The number of amides is 1. The van der Waals surface area contributed by atoms with Gasteiger partial charge in [0, 0.05) is 18.4 Å². The monoisotopic (exact) mass is 223 g/mol. The second-order valence-electron chi connectivity index (χ2n) is 2.31. The Bertz CT molecular complexity index is 119. The zero-order valence-electron chi connectivity index (χ0n) is 6.72. The van der Waals surface area contributed by atoms with E-state index in [1.54, 1.807) is 0 Å². The standard InChI is InChI=1S/C7H14BrNO2/c1-2-3-5-9(6-4-8)7(10)11/h2-6H2,1H3,(H,10,11). The molecule has 0 aliphatic heterocycles. The molecule has 11 heavy (non-hydrogen) atoms. The SMILES string of the molecule is CCCCN(CCBr)C(=O)O. The molecule has 0 saturated carbocycles. The van der Waals surface area contributed by atoms with Gasteiger partial charge in [0.15, 0.2) is 0 Å². The smallest absolute Gasteiger partial charge is 0.407 e. The molecule has 1 N–H and O–H groups in total. The normalized spacial score (nSPS) is 9.64. The van der Waals surface area contributed by atoms with Crippen LogP contribution < -0.4 is 0 Å². The molecule has 0 unspecified atom stereocenters. The van der Waals surface area contributed by atoms with Crippen molar-refractivity contribution in [1.29, 1.82) is 0 Å². The summed E-state index contributed by atoms with van der Waals surface area (Å²) in [4.78, 5) is 11.9. The molecule has 66 valence electrons. The number of carboxylic acid groups (broad SMARTS) is 1. The Morgan fingerprint density at radius 1 is 1.55 bits per heavy atom. The molecule has 0 heterocycles. The number of hydrogen-bond donors (Lipinski definition) is 1. The molecule has 0 saturated heterocycles. The highest BCUT2D eigenvalue weighted by Gasteiger charge is 2.08. The van der Waals surface area contributed by atoms with E-state index in [-0.39, 0.29) is 0 Å². The van der Waals surface area contributed by atoms with Crippen molar-refractivity contribution < 1.29 is 9.90 Å². The molecule has 1 amide bonds. The van der Waals surface area contributed by atoms with Gasteiger partial charge in [0.1, 0.15) is 0 Å². The Morgan fingerprint density at radius 3 is 2.55 bits per heavy atom. The minimum absolute atomic E-state index is 0.579. The molecule has 0 aliphatic rings. The molecule has 0 aromatic heterocycles. The van der Waals surface area contributed by atoms with E-state index < -0.39 is 6.09 Å². The van der Waals surface area contributed by atoms with E-state index in [0.29, 0.717) is 18.4 Å². The van der Waals surface area contributed by atoms with E-state index >= 15 is 0 Å². The van der Waals surface area contributed by atoms with Crippen molar-refractivity contribution in [2.75, 3.05) is 18.4 Å². The topological polar surface area (TPSA) is 40.5 Å². The van der Waals surface area contributed by atoms with Crippen LogP contribution >= 0.6 is 15.9 Å². The second-order valence-corrected chi connectivity index (χ2v) is 3.11. The fraction of sp³-hybridized carbons (Fsp3) is 0.857. The number of hydrogen-bond acceptors (Lipinski definition) is 1. The molecule has 0 aromatic rings. The number of unbranched alkanes of at least 4 members (excludes halogenated alkanes) is 1. The molecule has 0 spiro atoms. The van der Waals surface area contributed by atoms with Gasteiger partial charge in [0.05, 0.1) is 0 Å². The first kappa shape index (κ1) is 10.8. The van der Waals surface area contributed by atoms with Crippen LogP contribution in [0.25, 0.3) is 0 Å². The summed E-state index contributed by atoms with van der Waals surface area (Å²) in [5.74, 6) is 0. The van der Waals surface area contributed by atoms with E-state index in [2.05, 4.69) is 15.9 Å². The molecule has 4 heteroatoms. The number of carbonyl (C=O) groups is 1. The molecule has 0 radical (unpaired) electrons. The number of halogens is 1. The third-order valence-electron chi connectivity index (χ3n) is 1.41. The molecule has 0 bridgehead atoms. The van der Waals surface area contributed by atoms with Crippen molar-refractivity contribution in [3.8, 4) is 0 Å². The Labute approximate surface area is 75.5 Å². The maximum Gasteiger partial charge on any atom is 0.407 e. The largest absolute Gasteiger partial charge is 0.465 e. The van der Waals surface area contributed by atoms with E-state index in [0.717, 1.165) is 12.8 Å². The maximum absolute atomic E-state index is 10.5. The van der Waals surface area contributed by atoms with E-state index in [4.69, 9.17) is 5.11 Å². The molecular formula is C7H14BrNO2. The molecule has 3 nitrogen and oxygen atoms in total. The van der Waals surface area contributed by atoms with Gasteiger partial charge >= 0.3 is 6.09 Å². The summed E-state index contributed by atoms with van der Waals surface area (Å²) in [5, 5.41) is 9.35. The van der Waals surface area contributed by atoms with Gasteiger partial charge in [-0.25, -0.2) is 4.79 Å². The Morgan fingerprint density at radius 2 is 2.18 bits per heavy atom. The number of rotatable bonds is 5. The van der Waals surface area contributed by atoms with Gasteiger partial charge in [-0.05, 0) is 6.42 Å². The minimum atomic E-state index is -0.821. The maximum atomic E-state index is 10.5. The van der Waals surface area contributed by atoms with Crippen molar-refractivity contribution in [3.63, 3.8) is 0 Å². The van der Waals surface area contributed by atoms with Crippen LogP contribution in [0.5, 0.6) is 0 Å². The van der Waals surface area contributed by atoms with Crippen molar-refractivity contribution >= 4 is 22.0 Å². The average molecular weight is 224 g/mol. The minimum Gasteiger partial charge on any atom is -0.465 e. The van der Waals surface area contributed by atoms with Crippen LogP contribution in [0.4, 0.5) is 4.79 Å². The van der Waals surface area contributed by atoms with Gasteiger partial charge in [-0.15, -0.1) is 0 Å². The number of nitrogens with zero attached hydrogens (tertiary/aromatic N) is 1. The first-order valence-corrected chi connectivity index (χ1v) is 4.88. The predicted molar refractivity (Wildman–Crippen MR) is 48.3 cm³/mol. The average Bonchev–Trinajstić information content (AvgIpc) is 1.97. The zero-order chi connectivity index (χ0) is 8.69. The molecule has 0 aliphatic carbocycles. The van der Waals surface area contributed by atoms with Gasteiger partial charge < -0.3 is 10.0 Å². The molecular weight excluding hydrogens is 210 g/mol. The second kappa shape index (κ2) is 6.46. The highest BCUT2D eigenvalue weighted by molar-refractivity contribution is 9.09. The van der Waals surface area contributed by atoms with E-state index in [9.17, 15) is 4.79 Å². The third-order valence-corrected chi connectivity index (χ3v) is 1.76. The molecule has 0 rings (SSSR count). The van der Waals surface area contributed by atoms with Gasteiger partial charge in [-0.1, -0.05) is 29.3 Å². The van der Waals surface area contributed by atoms with Crippen molar-refractivity contribution in [3.05, 3.63) is 0 Å². The summed E-state index contributed by atoms with van der Waals surface area (Å²) < 4.78 is 0. The summed E-state index contributed by atoms with van der Waals surface area (Å²) in [6.45, 7) is 3.28. The van der Waals surface area contributed by atoms with Crippen LogP contribution in [0.2, 0.25) is 0 Å². The summed E-state index contributed by atoms with van der Waals surface area (Å²) in [5.41, 5.74) is 0. The zero-order valence-corrected chi connectivity index (χ0v) is 8.30. The van der Waals surface area contributed by atoms with Crippen LogP contribution in [-0.2, 0) is 0 Å². The lowest BCUT2D eigenvalue weighted by Crippen LogP contribution is -2.32. The Kier molecular flexibility index (Phi) is 6.31. The Balaban J connectivity index is 3.60. The first-order valence-electron chi connectivity index (χ1n) is 3.76. The lowest BCUT2D eigenvalue weighted by Gasteiger charge is -2.16. The van der Waals surface area contributed by atoms with Crippen LogP contribution in [0, 0.1) is 0 Å². The number of alkyl halides is 1. The fourth-order valence-electron chi connectivity index (χ4n) is 0.754. The van der Waals surface area contributed by atoms with Crippen LogP contribution in [0.3, 0.4) is 0 Å². The molecule has 0 fully saturated rings. The summed E-state index contributed by atoms with van der Waals surface area (Å²) >= 11 is 3.21. The quantitative estimate of drug-likeness (QED) is 0.727. The van der Waals surface area contributed by atoms with E-state index in [1.807, 2.05) is 6.92 Å². The van der Waals surface area contributed by atoms with Crippen LogP contribution in [0.15, 0.2) is 0 Å². The Hall–Kier alpha value is -0.250. The van der Waals surface area contributed by atoms with Crippen molar-refractivity contribution in [2.45, 2.75) is 19.8 Å². The third kappa shape index (κ3) is 5.07. The van der Waals surface area contributed by atoms with Crippen molar-refractivity contribution in [2.24, 2.45) is 0 Å². The highest BCUT2D eigenvalue weighted by Crippen LogP contribution is 1.96. The highest BCUT2D eigenvalue weighted by atomic mass is 79.9. The van der Waals surface area contributed by atoms with Gasteiger partial charge in [0.2, 0.25) is 0 Å². The van der Waals surface area contributed by atoms with E-state index in [1.165, 1.54) is 4.90 Å². The summed E-state index contributed by atoms with van der Waals surface area (Å²) in [6.07, 6.45) is 1.16. The van der Waals surface area contributed by atoms with Crippen LogP contribution in [-0.4, -0.2) is 34.5 Å². The molecule has 0 atom stereocenters. The predicted octanol–water partition coefficient (Wildman–Crippen LogP) is 2.16. The fourth-order valence-corrected chi connectivity index (χ4v) is 1.18. The summed E-state index contributed by atoms with van der Waals surface area (Å²) in [6, 6.07) is 0. The first-order chi connectivity index (χ1) is 5.22.